The van der Waals surface area contributed by atoms with Gasteiger partial charge in [0.2, 0.25) is 0 Å². The molecule has 1 aliphatic rings. The van der Waals surface area contributed by atoms with Gasteiger partial charge in [-0.3, -0.25) is 0 Å². The van der Waals surface area contributed by atoms with Gasteiger partial charge in [0.05, 0.1) is 6.07 Å². The summed E-state index contributed by atoms with van der Waals surface area (Å²) in [5, 5.41) is 8.97. The van der Waals surface area contributed by atoms with Crippen molar-refractivity contribution in [1.29, 1.82) is 5.26 Å². The molecular weight excluding hydrogens is 148 g/mol. The number of hydrogen-bond acceptors (Lipinski definition) is 2. The van der Waals surface area contributed by atoms with Gasteiger partial charge in [0, 0.05) is 0 Å². The fourth-order valence-electron chi connectivity index (χ4n) is 2.27. The average Bonchev–Trinajstić information content (AvgIpc) is 2.47. The van der Waals surface area contributed by atoms with Crippen LogP contribution >= 0.6 is 0 Å². The van der Waals surface area contributed by atoms with Crippen LogP contribution in [0.1, 0.15) is 39.5 Å². The van der Waals surface area contributed by atoms with Crippen LogP contribution in [0.4, 0.5) is 0 Å². The summed E-state index contributed by atoms with van der Waals surface area (Å²) in [5.74, 6) is 1.02. The molecule has 0 saturated heterocycles. The number of nitrogens with two attached hydrogens (primary N) is 1. The first-order valence-electron chi connectivity index (χ1n) is 4.84. The molecule has 1 rings (SSSR count). The summed E-state index contributed by atoms with van der Waals surface area (Å²) in [4.78, 5) is 0. The molecule has 3 atom stereocenters. The Bertz CT molecular complexity index is 195. The monoisotopic (exact) mass is 166 g/mol. The lowest BCUT2D eigenvalue weighted by Crippen LogP contribution is -2.44. The van der Waals surface area contributed by atoms with Gasteiger partial charge in [-0.05, 0) is 24.7 Å². The van der Waals surface area contributed by atoms with Crippen LogP contribution in [0.5, 0.6) is 0 Å². The summed E-state index contributed by atoms with van der Waals surface area (Å²) in [5.41, 5.74) is 5.50. The Labute approximate surface area is 74.8 Å². The zero-order valence-electron chi connectivity index (χ0n) is 8.01. The lowest BCUT2D eigenvalue weighted by atomic mass is 9.79. The van der Waals surface area contributed by atoms with Crippen molar-refractivity contribution in [3.05, 3.63) is 0 Å². The Kier molecular flexibility index (Phi) is 2.74. The van der Waals surface area contributed by atoms with E-state index in [0.717, 1.165) is 25.7 Å². The second-order valence-corrected chi connectivity index (χ2v) is 4.04. The van der Waals surface area contributed by atoms with E-state index in [4.69, 9.17) is 11.0 Å². The van der Waals surface area contributed by atoms with E-state index < -0.39 is 5.54 Å². The molecule has 12 heavy (non-hydrogen) atoms. The summed E-state index contributed by atoms with van der Waals surface area (Å²) < 4.78 is 0. The minimum atomic E-state index is -0.518. The SMILES string of the molecule is CCC(C)C1CCCC1(N)C#N. The Balaban J connectivity index is 2.71. The van der Waals surface area contributed by atoms with Gasteiger partial charge in [-0.15, -0.1) is 0 Å². The van der Waals surface area contributed by atoms with Crippen LogP contribution in [-0.4, -0.2) is 5.54 Å². The molecule has 68 valence electrons. The van der Waals surface area contributed by atoms with Crippen LogP contribution in [0, 0.1) is 23.2 Å². The maximum Gasteiger partial charge on any atom is 0.107 e. The molecule has 2 heteroatoms. The first-order valence-corrected chi connectivity index (χ1v) is 4.84. The van der Waals surface area contributed by atoms with Crippen LogP contribution < -0.4 is 5.73 Å². The molecule has 0 aromatic carbocycles. The first kappa shape index (κ1) is 9.54. The Morgan fingerprint density at radius 2 is 2.42 bits per heavy atom. The van der Waals surface area contributed by atoms with E-state index >= 15 is 0 Å². The topological polar surface area (TPSA) is 49.8 Å². The van der Waals surface area contributed by atoms with Crippen LogP contribution in [0.25, 0.3) is 0 Å². The van der Waals surface area contributed by atoms with Crippen molar-refractivity contribution in [3.63, 3.8) is 0 Å². The molecule has 0 aromatic heterocycles. The molecule has 1 saturated carbocycles. The van der Waals surface area contributed by atoms with Gasteiger partial charge < -0.3 is 5.73 Å². The molecule has 0 aliphatic heterocycles. The van der Waals surface area contributed by atoms with Crippen molar-refractivity contribution < 1.29 is 0 Å². The summed E-state index contributed by atoms with van der Waals surface area (Å²) in [6, 6.07) is 2.28. The fourth-order valence-corrected chi connectivity index (χ4v) is 2.27. The molecule has 1 aliphatic carbocycles. The van der Waals surface area contributed by atoms with Gasteiger partial charge in [-0.25, -0.2) is 0 Å². The van der Waals surface area contributed by atoms with E-state index in [1.807, 2.05) is 0 Å². The molecule has 0 heterocycles. The number of nitrogens with zero attached hydrogens (tertiary/aromatic N) is 1. The predicted molar refractivity (Wildman–Crippen MR) is 49.3 cm³/mol. The van der Waals surface area contributed by atoms with E-state index in [0.29, 0.717) is 11.8 Å². The van der Waals surface area contributed by atoms with Crippen molar-refractivity contribution >= 4 is 0 Å². The lowest BCUT2D eigenvalue weighted by molar-refractivity contribution is 0.278. The molecule has 2 N–H and O–H groups in total. The molecule has 0 radical (unpaired) electrons. The fraction of sp³-hybridized carbons (Fsp3) is 0.900. The Morgan fingerprint density at radius 3 is 2.92 bits per heavy atom. The van der Waals surface area contributed by atoms with Crippen LogP contribution in [0.3, 0.4) is 0 Å². The number of nitriles is 1. The van der Waals surface area contributed by atoms with Gasteiger partial charge in [0.25, 0.3) is 0 Å². The summed E-state index contributed by atoms with van der Waals surface area (Å²) >= 11 is 0. The van der Waals surface area contributed by atoms with Crippen molar-refractivity contribution in [2.24, 2.45) is 17.6 Å². The molecule has 3 unspecified atom stereocenters. The summed E-state index contributed by atoms with van der Waals surface area (Å²) in [6.45, 7) is 4.37. The van der Waals surface area contributed by atoms with Crippen molar-refractivity contribution in [3.8, 4) is 6.07 Å². The van der Waals surface area contributed by atoms with Gasteiger partial charge in [0.1, 0.15) is 5.54 Å². The van der Waals surface area contributed by atoms with E-state index in [9.17, 15) is 0 Å². The molecule has 0 spiro atoms. The number of hydrogen-bond donors (Lipinski definition) is 1. The van der Waals surface area contributed by atoms with Crippen LogP contribution in [0.15, 0.2) is 0 Å². The molecule has 1 fully saturated rings. The maximum atomic E-state index is 8.97. The molecule has 0 aromatic rings. The molecule has 2 nitrogen and oxygen atoms in total. The smallest absolute Gasteiger partial charge is 0.107 e. The highest BCUT2D eigenvalue weighted by Crippen LogP contribution is 2.39. The van der Waals surface area contributed by atoms with Gasteiger partial charge in [-0.1, -0.05) is 26.7 Å². The number of rotatable bonds is 2. The zero-order valence-corrected chi connectivity index (χ0v) is 8.01. The molecule has 0 amide bonds. The highest BCUT2D eigenvalue weighted by Gasteiger charge is 2.41. The third-order valence-electron chi connectivity index (χ3n) is 3.31. The largest absolute Gasteiger partial charge is 0.313 e. The van der Waals surface area contributed by atoms with Gasteiger partial charge >= 0.3 is 0 Å². The van der Waals surface area contributed by atoms with Crippen LogP contribution in [0.2, 0.25) is 0 Å². The highest BCUT2D eigenvalue weighted by atomic mass is 14.8. The van der Waals surface area contributed by atoms with Crippen molar-refractivity contribution in [1.82, 2.24) is 0 Å². The van der Waals surface area contributed by atoms with Gasteiger partial charge in [-0.2, -0.15) is 5.26 Å². The zero-order chi connectivity index (χ0) is 9.19. The highest BCUT2D eigenvalue weighted by molar-refractivity contribution is 5.12. The van der Waals surface area contributed by atoms with Gasteiger partial charge in [0.15, 0.2) is 0 Å². The predicted octanol–water partition coefficient (Wildman–Crippen LogP) is 2.05. The third kappa shape index (κ3) is 1.47. The van der Waals surface area contributed by atoms with E-state index in [1.54, 1.807) is 0 Å². The first-order chi connectivity index (χ1) is 5.64. The van der Waals surface area contributed by atoms with Crippen molar-refractivity contribution in [2.75, 3.05) is 0 Å². The molecule has 0 bridgehead atoms. The normalized spacial score (nSPS) is 37.7. The second-order valence-electron chi connectivity index (χ2n) is 4.04. The van der Waals surface area contributed by atoms with E-state index in [1.165, 1.54) is 0 Å². The van der Waals surface area contributed by atoms with Crippen LogP contribution in [-0.2, 0) is 0 Å². The minimum absolute atomic E-state index is 0.424. The Hall–Kier alpha value is -0.550. The maximum absolute atomic E-state index is 8.97. The quantitative estimate of drug-likeness (QED) is 0.682. The standard InChI is InChI=1S/C10H18N2/c1-3-8(2)9-5-4-6-10(9,12)7-11/h8-9H,3-6,12H2,1-2H3. The Morgan fingerprint density at radius 1 is 1.75 bits per heavy atom. The lowest BCUT2D eigenvalue weighted by Gasteiger charge is -2.28. The van der Waals surface area contributed by atoms with E-state index in [2.05, 4.69) is 19.9 Å². The van der Waals surface area contributed by atoms with E-state index in [-0.39, 0.29) is 0 Å². The minimum Gasteiger partial charge on any atom is -0.313 e. The second kappa shape index (κ2) is 3.45. The summed E-state index contributed by atoms with van der Waals surface area (Å²) in [7, 11) is 0. The summed E-state index contributed by atoms with van der Waals surface area (Å²) in [6.07, 6.45) is 4.28. The third-order valence-corrected chi connectivity index (χ3v) is 3.31. The van der Waals surface area contributed by atoms with Crippen molar-refractivity contribution in [2.45, 2.75) is 45.1 Å². The average molecular weight is 166 g/mol. The molecular formula is C10H18N2.